The Morgan fingerprint density at radius 3 is 2.45 bits per heavy atom. The first-order valence-corrected chi connectivity index (χ1v) is 11.3. The third kappa shape index (κ3) is 4.00. The van der Waals surface area contributed by atoms with E-state index in [-0.39, 0.29) is 35.8 Å². The number of methoxy groups -OCH3 is 1. The number of ether oxygens (including phenoxy) is 1. The molecule has 2 heterocycles. The molecule has 29 heavy (non-hydrogen) atoms. The molecule has 4 rings (SSSR count). The summed E-state index contributed by atoms with van der Waals surface area (Å²) in [5, 5.41) is 0. The van der Waals surface area contributed by atoms with Crippen LogP contribution in [0.1, 0.15) is 5.56 Å². The van der Waals surface area contributed by atoms with Crippen molar-refractivity contribution in [3.63, 3.8) is 0 Å². The van der Waals surface area contributed by atoms with Gasteiger partial charge in [-0.15, -0.1) is 0 Å². The van der Waals surface area contributed by atoms with E-state index in [0.29, 0.717) is 30.0 Å². The van der Waals surface area contributed by atoms with Crippen LogP contribution in [-0.2, 0) is 21.1 Å². The Labute approximate surface area is 169 Å². The lowest BCUT2D eigenvalue weighted by molar-refractivity contribution is -0.123. The second-order valence-electron chi connectivity index (χ2n) is 7.49. The third-order valence-electron chi connectivity index (χ3n) is 5.68. The van der Waals surface area contributed by atoms with Crippen molar-refractivity contribution in [3.05, 3.63) is 59.9 Å². The Bertz CT molecular complexity index is 1010. The topological polar surface area (TPSA) is 66.9 Å². The molecule has 2 aliphatic rings. The standard InChI is InChI=1S/C21H23FN2O4S/c1-28-17-8-6-16(7-9-17)24-20-14-29(26,27)13-19(20)23(12-21(24)25)11-10-15-4-2-3-5-18(15)22/h2-9,19-20H,10-14H2,1H3/t19-,20-/m0/s1. The van der Waals surface area contributed by atoms with Crippen LogP contribution < -0.4 is 9.64 Å². The lowest BCUT2D eigenvalue weighted by atomic mass is 10.0. The Balaban J connectivity index is 1.58. The van der Waals surface area contributed by atoms with Gasteiger partial charge in [0.15, 0.2) is 9.84 Å². The number of amides is 1. The van der Waals surface area contributed by atoms with Gasteiger partial charge >= 0.3 is 0 Å². The van der Waals surface area contributed by atoms with Gasteiger partial charge in [-0.3, -0.25) is 9.69 Å². The monoisotopic (exact) mass is 418 g/mol. The molecule has 1 amide bonds. The van der Waals surface area contributed by atoms with Gasteiger partial charge in [-0.05, 0) is 42.3 Å². The maximum absolute atomic E-state index is 14.0. The Hall–Kier alpha value is -2.45. The number of rotatable bonds is 5. The molecule has 2 aromatic rings. The van der Waals surface area contributed by atoms with Gasteiger partial charge in [-0.2, -0.15) is 0 Å². The zero-order valence-electron chi connectivity index (χ0n) is 16.1. The van der Waals surface area contributed by atoms with Gasteiger partial charge in [0.05, 0.1) is 31.2 Å². The molecule has 6 nitrogen and oxygen atoms in total. The van der Waals surface area contributed by atoms with Gasteiger partial charge in [-0.1, -0.05) is 18.2 Å². The number of sulfone groups is 1. The third-order valence-corrected chi connectivity index (χ3v) is 7.38. The van der Waals surface area contributed by atoms with Crippen molar-refractivity contribution >= 4 is 21.4 Å². The molecule has 8 heteroatoms. The van der Waals surface area contributed by atoms with E-state index >= 15 is 0 Å². The van der Waals surface area contributed by atoms with E-state index in [1.807, 2.05) is 4.90 Å². The quantitative estimate of drug-likeness (QED) is 0.742. The fourth-order valence-corrected chi connectivity index (χ4v) is 6.23. The Kier molecular flexibility index (Phi) is 5.31. The van der Waals surface area contributed by atoms with Gasteiger partial charge in [0.1, 0.15) is 11.6 Å². The van der Waals surface area contributed by atoms with Gasteiger partial charge in [0, 0.05) is 18.3 Å². The molecule has 0 spiro atoms. The summed E-state index contributed by atoms with van der Waals surface area (Å²) in [5.74, 6) is 0.175. The molecule has 2 atom stereocenters. The minimum atomic E-state index is -3.26. The summed E-state index contributed by atoms with van der Waals surface area (Å²) >= 11 is 0. The molecular weight excluding hydrogens is 395 g/mol. The van der Waals surface area contributed by atoms with Gasteiger partial charge in [0.25, 0.3) is 0 Å². The van der Waals surface area contributed by atoms with Crippen molar-refractivity contribution < 1.29 is 22.3 Å². The largest absolute Gasteiger partial charge is 0.497 e. The summed E-state index contributed by atoms with van der Waals surface area (Å²) in [5.41, 5.74) is 1.23. The number of carbonyl (C=O) groups is 1. The van der Waals surface area contributed by atoms with Gasteiger partial charge < -0.3 is 9.64 Å². The van der Waals surface area contributed by atoms with Crippen LogP contribution in [0.25, 0.3) is 0 Å². The number of piperazine rings is 1. The summed E-state index contributed by atoms with van der Waals surface area (Å²) in [6.07, 6.45) is 0.422. The highest BCUT2D eigenvalue weighted by molar-refractivity contribution is 7.91. The zero-order chi connectivity index (χ0) is 20.6. The smallest absolute Gasteiger partial charge is 0.241 e. The SMILES string of the molecule is COc1ccc(N2C(=O)CN(CCc3ccccc3F)[C@H]3CS(=O)(=O)C[C@@H]32)cc1. The van der Waals surface area contributed by atoms with Crippen molar-refractivity contribution in [1.29, 1.82) is 0 Å². The Morgan fingerprint density at radius 2 is 1.76 bits per heavy atom. The summed E-state index contributed by atoms with van der Waals surface area (Å²) < 4.78 is 43.9. The van der Waals surface area contributed by atoms with E-state index in [9.17, 15) is 17.6 Å². The molecule has 2 aromatic carbocycles. The zero-order valence-corrected chi connectivity index (χ0v) is 16.9. The number of nitrogens with zero attached hydrogens (tertiary/aromatic N) is 2. The van der Waals surface area contributed by atoms with Crippen molar-refractivity contribution in [2.45, 2.75) is 18.5 Å². The van der Waals surface area contributed by atoms with E-state index in [4.69, 9.17) is 4.74 Å². The molecule has 0 bridgehead atoms. The summed E-state index contributed by atoms with van der Waals surface area (Å²) in [7, 11) is -1.70. The molecule has 2 saturated heterocycles. The molecule has 0 saturated carbocycles. The second-order valence-corrected chi connectivity index (χ2v) is 9.64. The van der Waals surface area contributed by atoms with Crippen molar-refractivity contribution in [2.24, 2.45) is 0 Å². The predicted octanol–water partition coefficient (Wildman–Crippen LogP) is 1.89. The molecular formula is C21H23FN2O4S. The fourth-order valence-electron chi connectivity index (χ4n) is 4.25. The molecule has 0 N–H and O–H groups in total. The average Bonchev–Trinajstić information content (AvgIpc) is 3.02. The number of hydrogen-bond donors (Lipinski definition) is 0. The van der Waals surface area contributed by atoms with E-state index in [0.717, 1.165) is 0 Å². The maximum Gasteiger partial charge on any atom is 0.241 e. The van der Waals surface area contributed by atoms with Gasteiger partial charge in [-0.25, -0.2) is 12.8 Å². The summed E-state index contributed by atoms with van der Waals surface area (Å²) in [6, 6.07) is 12.8. The number of hydrogen-bond acceptors (Lipinski definition) is 5. The first kappa shape index (κ1) is 19.8. The number of anilines is 1. The maximum atomic E-state index is 14.0. The van der Waals surface area contributed by atoms with Crippen LogP contribution in [0.15, 0.2) is 48.5 Å². The average molecular weight is 418 g/mol. The summed E-state index contributed by atoms with van der Waals surface area (Å²) in [4.78, 5) is 16.5. The van der Waals surface area contributed by atoms with Crippen LogP contribution in [0, 0.1) is 5.82 Å². The molecule has 0 aromatic heterocycles. The minimum Gasteiger partial charge on any atom is -0.497 e. The van der Waals surface area contributed by atoms with Crippen molar-refractivity contribution in [3.8, 4) is 5.75 Å². The van der Waals surface area contributed by atoms with Crippen LogP contribution in [-0.4, -0.2) is 63.0 Å². The van der Waals surface area contributed by atoms with Crippen molar-refractivity contribution in [2.75, 3.05) is 36.6 Å². The molecule has 0 aliphatic carbocycles. The first-order valence-electron chi connectivity index (χ1n) is 9.52. The normalized spacial score (nSPS) is 23.8. The van der Waals surface area contributed by atoms with Gasteiger partial charge in [0.2, 0.25) is 5.91 Å². The van der Waals surface area contributed by atoms with E-state index in [2.05, 4.69) is 0 Å². The van der Waals surface area contributed by atoms with Crippen LogP contribution in [0.2, 0.25) is 0 Å². The highest BCUT2D eigenvalue weighted by Gasteiger charge is 2.49. The molecule has 154 valence electrons. The van der Waals surface area contributed by atoms with E-state index in [1.54, 1.807) is 54.5 Å². The Morgan fingerprint density at radius 1 is 1.07 bits per heavy atom. The van der Waals surface area contributed by atoms with Crippen LogP contribution in [0.4, 0.5) is 10.1 Å². The summed E-state index contributed by atoms with van der Waals surface area (Å²) in [6.45, 7) is 0.539. The van der Waals surface area contributed by atoms with Crippen LogP contribution in [0.5, 0.6) is 5.75 Å². The molecule has 2 fully saturated rings. The molecule has 0 radical (unpaired) electrons. The van der Waals surface area contributed by atoms with Crippen LogP contribution in [0.3, 0.4) is 0 Å². The van der Waals surface area contributed by atoms with Crippen molar-refractivity contribution in [1.82, 2.24) is 4.90 Å². The van der Waals surface area contributed by atoms with E-state index in [1.165, 1.54) is 6.07 Å². The number of halogens is 1. The lowest BCUT2D eigenvalue weighted by Crippen LogP contribution is -2.62. The minimum absolute atomic E-state index is 0.00880. The fraction of sp³-hybridized carbons (Fsp3) is 0.381. The molecule has 0 unspecified atom stereocenters. The highest BCUT2D eigenvalue weighted by atomic mass is 32.2. The lowest BCUT2D eigenvalue weighted by Gasteiger charge is -2.43. The first-order chi connectivity index (χ1) is 13.9. The second kappa shape index (κ2) is 7.76. The highest BCUT2D eigenvalue weighted by Crippen LogP contribution is 2.32. The molecule has 2 aliphatic heterocycles. The number of benzene rings is 2. The predicted molar refractivity (Wildman–Crippen MR) is 108 cm³/mol. The van der Waals surface area contributed by atoms with Crippen LogP contribution >= 0.6 is 0 Å². The number of fused-ring (bicyclic) bond motifs is 1. The van der Waals surface area contributed by atoms with E-state index < -0.39 is 15.9 Å². The number of carbonyl (C=O) groups excluding carboxylic acids is 1.